The second kappa shape index (κ2) is 7.32. The fourth-order valence-electron chi connectivity index (χ4n) is 1.67. The molecule has 0 bridgehead atoms. The first-order valence-corrected chi connectivity index (χ1v) is 7.10. The molecule has 1 aromatic carbocycles. The maximum Gasteiger partial charge on any atom is 0.339 e. The Morgan fingerprint density at radius 1 is 1.55 bits per heavy atom. The molecular weight excluding hydrogens is 310 g/mol. The molecule has 0 aliphatic carbocycles. The first-order chi connectivity index (χ1) is 9.36. The van der Waals surface area contributed by atoms with E-state index in [2.05, 4.69) is 4.74 Å². The molecule has 20 heavy (non-hydrogen) atoms. The maximum absolute atomic E-state index is 11.5. The van der Waals surface area contributed by atoms with Gasteiger partial charge in [-0.3, -0.25) is 10.1 Å². The van der Waals surface area contributed by atoms with E-state index in [9.17, 15) is 19.1 Å². The van der Waals surface area contributed by atoms with Gasteiger partial charge in [0.2, 0.25) is 6.54 Å². The lowest BCUT2D eigenvalue weighted by molar-refractivity contribution is -0.479. The number of esters is 1. The van der Waals surface area contributed by atoms with Crippen LogP contribution in [0.3, 0.4) is 0 Å². The van der Waals surface area contributed by atoms with Gasteiger partial charge in [-0.1, -0.05) is 17.7 Å². The van der Waals surface area contributed by atoms with Gasteiger partial charge in [-0.25, -0.2) is 9.00 Å². The van der Waals surface area contributed by atoms with Crippen LogP contribution in [0.1, 0.15) is 21.5 Å². The van der Waals surface area contributed by atoms with Crippen LogP contribution in [-0.4, -0.2) is 33.3 Å². The van der Waals surface area contributed by atoms with Crippen LogP contribution in [0, 0.1) is 10.1 Å². The highest BCUT2D eigenvalue weighted by atomic mass is 35.5. The largest absolute Gasteiger partial charge is 0.465 e. The zero-order valence-electron chi connectivity index (χ0n) is 10.5. The molecule has 0 aliphatic rings. The Hall–Kier alpha value is -1.51. The summed E-state index contributed by atoms with van der Waals surface area (Å²) in [5.74, 6) is -0.886. The predicted molar refractivity (Wildman–Crippen MR) is 72.8 cm³/mol. The van der Waals surface area contributed by atoms with Gasteiger partial charge in [-0.15, -0.1) is 0 Å². The zero-order valence-corrected chi connectivity index (χ0v) is 12.1. The minimum absolute atomic E-state index is 0.0154. The summed E-state index contributed by atoms with van der Waals surface area (Å²) in [4.78, 5) is 21.4. The van der Waals surface area contributed by atoms with E-state index in [1.807, 2.05) is 0 Å². The molecule has 110 valence electrons. The molecule has 1 rings (SSSR count). The molecule has 0 amide bonds. The van der Waals surface area contributed by atoms with Crippen LogP contribution in [0.2, 0.25) is 5.02 Å². The van der Waals surface area contributed by atoms with E-state index >= 15 is 0 Å². The van der Waals surface area contributed by atoms with E-state index < -0.39 is 28.5 Å². The van der Waals surface area contributed by atoms with Crippen molar-refractivity contribution < 1.29 is 23.2 Å². The van der Waals surface area contributed by atoms with Gasteiger partial charge >= 0.3 is 5.97 Å². The molecule has 7 nitrogen and oxygen atoms in total. The third-order valence-corrected chi connectivity index (χ3v) is 3.56. The van der Waals surface area contributed by atoms with E-state index in [-0.39, 0.29) is 22.8 Å². The number of rotatable bonds is 6. The normalized spacial score (nSPS) is 11.9. The Labute approximate surface area is 122 Å². The summed E-state index contributed by atoms with van der Waals surface area (Å²) >= 11 is 3.94. The highest BCUT2D eigenvalue weighted by Crippen LogP contribution is 2.27. The van der Waals surface area contributed by atoms with Crippen molar-refractivity contribution in [2.45, 2.75) is 12.2 Å². The van der Waals surface area contributed by atoms with Crippen molar-refractivity contribution in [3.8, 4) is 0 Å². The lowest BCUT2D eigenvalue weighted by Gasteiger charge is -2.12. The van der Waals surface area contributed by atoms with E-state index in [0.29, 0.717) is 11.1 Å². The van der Waals surface area contributed by atoms with Crippen molar-refractivity contribution in [3.05, 3.63) is 44.0 Å². The van der Waals surface area contributed by atoms with Crippen LogP contribution < -0.4 is 0 Å². The smallest absolute Gasteiger partial charge is 0.339 e. The number of methoxy groups -OCH3 is 1. The molecular formula is C11H12ClNO6S. The third-order valence-electron chi connectivity index (χ3n) is 2.57. The summed E-state index contributed by atoms with van der Waals surface area (Å²) in [5.41, 5.74) is 0.777. The number of carbonyl (C=O) groups is 1. The first kappa shape index (κ1) is 16.5. The number of hydrogen-bond donors (Lipinski definition) is 1. The number of hydrogen-bond acceptors (Lipinski definition) is 5. The highest BCUT2D eigenvalue weighted by Gasteiger charge is 2.19. The molecule has 1 unspecified atom stereocenters. The van der Waals surface area contributed by atoms with E-state index in [4.69, 9.17) is 16.2 Å². The molecule has 0 spiro atoms. The van der Waals surface area contributed by atoms with Crippen LogP contribution in [-0.2, 0) is 28.0 Å². The zero-order chi connectivity index (χ0) is 15.3. The van der Waals surface area contributed by atoms with Gasteiger partial charge in [-0.05, 0) is 17.2 Å². The van der Waals surface area contributed by atoms with Crippen LogP contribution in [0.15, 0.2) is 12.1 Å². The van der Waals surface area contributed by atoms with Crippen LogP contribution in [0.4, 0.5) is 0 Å². The quantitative estimate of drug-likeness (QED) is 0.369. The molecule has 0 radical (unpaired) electrons. The Morgan fingerprint density at radius 3 is 2.70 bits per heavy atom. The van der Waals surface area contributed by atoms with Gasteiger partial charge in [0.25, 0.3) is 0 Å². The van der Waals surface area contributed by atoms with E-state index in [0.717, 1.165) is 0 Å². The van der Waals surface area contributed by atoms with Gasteiger partial charge in [0.15, 0.2) is 11.1 Å². The Kier molecular flexibility index (Phi) is 6.05. The number of ether oxygens (including phenoxy) is 1. The fraction of sp³-hybridized carbons (Fsp3) is 0.364. The summed E-state index contributed by atoms with van der Waals surface area (Å²) in [5, 5.41) is 10.5. The van der Waals surface area contributed by atoms with E-state index in [1.165, 1.54) is 19.2 Å². The van der Waals surface area contributed by atoms with Gasteiger partial charge in [0.1, 0.15) is 0 Å². The van der Waals surface area contributed by atoms with Crippen LogP contribution in [0.25, 0.3) is 0 Å². The molecule has 1 aromatic rings. The van der Waals surface area contributed by atoms with Crippen molar-refractivity contribution >= 4 is 28.7 Å². The number of nitrogens with zero attached hydrogens (tertiary/aromatic N) is 1. The average Bonchev–Trinajstić information content (AvgIpc) is 2.36. The fourth-order valence-corrected chi connectivity index (χ4v) is 2.56. The van der Waals surface area contributed by atoms with Crippen LogP contribution >= 0.6 is 11.6 Å². The number of carbonyl (C=O) groups excluding carboxylic acids is 1. The minimum Gasteiger partial charge on any atom is -0.465 e. The molecule has 0 heterocycles. The third kappa shape index (κ3) is 4.26. The number of halogens is 1. The van der Waals surface area contributed by atoms with Crippen molar-refractivity contribution in [2.75, 3.05) is 13.7 Å². The molecule has 0 saturated heterocycles. The first-order valence-electron chi connectivity index (χ1n) is 5.44. The molecule has 0 fully saturated rings. The molecule has 1 atom stereocenters. The van der Waals surface area contributed by atoms with Gasteiger partial charge in [0, 0.05) is 11.3 Å². The van der Waals surface area contributed by atoms with Gasteiger partial charge < -0.3 is 9.29 Å². The summed E-state index contributed by atoms with van der Waals surface area (Å²) in [6, 6.07) is 2.81. The van der Waals surface area contributed by atoms with Gasteiger partial charge in [0.05, 0.1) is 23.4 Å². The summed E-state index contributed by atoms with van der Waals surface area (Å²) in [7, 11) is 1.19. The summed E-state index contributed by atoms with van der Waals surface area (Å²) < 4.78 is 24.4. The Balaban J connectivity index is 3.25. The van der Waals surface area contributed by atoms with Crippen LogP contribution in [0.5, 0.6) is 0 Å². The Morgan fingerprint density at radius 2 is 2.20 bits per heavy atom. The lowest BCUT2D eigenvalue weighted by atomic mass is 10.0. The molecule has 0 aromatic heterocycles. The SMILES string of the molecule is COC(=O)c1ccc(CS(=O)O)c(CC[N+](=O)[O-])c1Cl. The average molecular weight is 322 g/mol. The molecule has 9 heteroatoms. The molecule has 0 saturated carbocycles. The summed E-state index contributed by atoms with van der Waals surface area (Å²) in [6.07, 6.45) is -0.0385. The van der Waals surface area contributed by atoms with Crippen molar-refractivity contribution in [1.82, 2.24) is 0 Å². The van der Waals surface area contributed by atoms with Crippen molar-refractivity contribution in [1.29, 1.82) is 0 Å². The monoisotopic (exact) mass is 321 g/mol. The maximum atomic E-state index is 11.5. The lowest BCUT2D eigenvalue weighted by Crippen LogP contribution is -2.11. The summed E-state index contributed by atoms with van der Waals surface area (Å²) in [6.45, 7) is -0.393. The second-order valence-electron chi connectivity index (χ2n) is 3.83. The van der Waals surface area contributed by atoms with Crippen molar-refractivity contribution in [3.63, 3.8) is 0 Å². The second-order valence-corrected chi connectivity index (χ2v) is 5.14. The standard InChI is InChI=1S/C11H12ClNO6S/c1-19-11(14)9-3-2-7(6-20(17)18)8(10(9)12)4-5-13(15)16/h2-3H,4-6H2,1H3,(H,17,18). The molecule has 0 aliphatic heterocycles. The van der Waals surface area contributed by atoms with Gasteiger partial charge in [-0.2, -0.15) is 0 Å². The topological polar surface area (TPSA) is 107 Å². The Bertz CT molecular complexity index is 562. The minimum atomic E-state index is -2.11. The van der Waals surface area contributed by atoms with Crippen molar-refractivity contribution in [2.24, 2.45) is 0 Å². The number of nitro groups is 1. The molecule has 1 N–H and O–H groups in total. The van der Waals surface area contributed by atoms with E-state index in [1.54, 1.807) is 0 Å². The number of benzene rings is 1. The highest BCUT2D eigenvalue weighted by molar-refractivity contribution is 7.78. The predicted octanol–water partition coefficient (Wildman–Crippen LogP) is 1.67.